The number of carbonyl (C=O) groups is 4. The average Bonchev–Trinajstić information content (AvgIpc) is 2.67. The van der Waals surface area contributed by atoms with Gasteiger partial charge in [0.05, 0.1) is 5.92 Å². The summed E-state index contributed by atoms with van der Waals surface area (Å²) in [5.74, 6) is -0.770. The van der Waals surface area contributed by atoms with Gasteiger partial charge in [-0.2, -0.15) is 0 Å². The summed E-state index contributed by atoms with van der Waals surface area (Å²) in [5.41, 5.74) is 1.05. The van der Waals surface area contributed by atoms with E-state index >= 15 is 0 Å². The highest BCUT2D eigenvalue weighted by molar-refractivity contribution is 6.01. The number of rotatable bonds is 7. The molecule has 2 aliphatic carbocycles. The number of ether oxygens (including phenoxy) is 1. The van der Waals surface area contributed by atoms with E-state index < -0.39 is 6.10 Å². The van der Waals surface area contributed by atoms with E-state index in [1.54, 1.807) is 31.2 Å². The minimum atomic E-state index is -0.888. The minimum absolute atomic E-state index is 0.0264. The van der Waals surface area contributed by atoms with Gasteiger partial charge in [-0.15, -0.1) is 0 Å². The lowest BCUT2D eigenvalue weighted by molar-refractivity contribution is -0.155. The molecule has 2 bridgehead atoms. The first kappa shape index (κ1) is 21.2. The summed E-state index contributed by atoms with van der Waals surface area (Å²) in [5, 5.41) is 2.77. The van der Waals surface area contributed by atoms with Gasteiger partial charge in [-0.1, -0.05) is 13.3 Å². The van der Waals surface area contributed by atoms with Crippen molar-refractivity contribution in [1.29, 1.82) is 0 Å². The van der Waals surface area contributed by atoms with Crippen LogP contribution in [0.25, 0.3) is 0 Å². The molecule has 156 valence electrons. The molecule has 4 atom stereocenters. The highest BCUT2D eigenvalue weighted by Gasteiger charge is 2.42. The quantitative estimate of drug-likeness (QED) is 0.554. The maximum atomic E-state index is 12.6. The lowest BCUT2D eigenvalue weighted by Crippen LogP contribution is -2.40. The molecule has 0 aromatic heterocycles. The molecule has 1 aromatic carbocycles. The molecule has 0 saturated heterocycles. The van der Waals surface area contributed by atoms with Crippen LogP contribution in [0.1, 0.15) is 69.2 Å². The molecular formula is C23H29NO5. The smallest absolute Gasteiger partial charge is 0.309 e. The minimum Gasteiger partial charge on any atom is -0.454 e. The summed E-state index contributed by atoms with van der Waals surface area (Å²) in [6.07, 6.45) is 4.17. The van der Waals surface area contributed by atoms with Gasteiger partial charge in [0.1, 0.15) is 5.78 Å². The highest BCUT2D eigenvalue weighted by Crippen LogP contribution is 2.40. The average molecular weight is 399 g/mol. The number of carbonyl (C=O) groups excluding carboxylic acids is 4. The Labute approximate surface area is 171 Å². The van der Waals surface area contributed by atoms with Crippen LogP contribution in [0.4, 0.5) is 5.69 Å². The van der Waals surface area contributed by atoms with Gasteiger partial charge in [0.15, 0.2) is 6.10 Å². The molecule has 1 N–H and O–H groups in total. The largest absolute Gasteiger partial charge is 0.454 e. The van der Waals surface area contributed by atoms with Crippen LogP contribution >= 0.6 is 0 Å². The monoisotopic (exact) mass is 399 g/mol. The fraction of sp³-hybridized carbons (Fsp3) is 0.565. The molecule has 29 heavy (non-hydrogen) atoms. The third-order valence-corrected chi connectivity index (χ3v) is 5.97. The second kappa shape index (κ2) is 9.33. The van der Waals surface area contributed by atoms with E-state index in [0.717, 1.165) is 25.7 Å². The Morgan fingerprint density at radius 2 is 1.72 bits per heavy atom. The van der Waals surface area contributed by atoms with Crippen LogP contribution in [0.5, 0.6) is 0 Å². The number of ketones is 2. The second-order valence-electron chi connectivity index (χ2n) is 8.21. The highest BCUT2D eigenvalue weighted by atomic mass is 16.5. The van der Waals surface area contributed by atoms with E-state index in [0.29, 0.717) is 36.3 Å². The van der Waals surface area contributed by atoms with E-state index in [4.69, 9.17) is 4.74 Å². The van der Waals surface area contributed by atoms with Crippen molar-refractivity contribution in [2.45, 2.75) is 64.9 Å². The van der Waals surface area contributed by atoms with Gasteiger partial charge in [-0.25, -0.2) is 0 Å². The van der Waals surface area contributed by atoms with Crippen LogP contribution in [0.2, 0.25) is 0 Å². The van der Waals surface area contributed by atoms with Gasteiger partial charge in [-0.05, 0) is 63.3 Å². The molecule has 0 radical (unpaired) electrons. The predicted octanol–water partition coefficient (Wildman–Crippen LogP) is 3.94. The van der Waals surface area contributed by atoms with Crippen molar-refractivity contribution in [2.24, 2.45) is 17.8 Å². The molecule has 2 fully saturated rings. The van der Waals surface area contributed by atoms with Crippen molar-refractivity contribution in [2.75, 3.05) is 5.32 Å². The summed E-state index contributed by atoms with van der Waals surface area (Å²) in [4.78, 5) is 49.1. The molecule has 0 aliphatic heterocycles. The zero-order chi connectivity index (χ0) is 21.0. The van der Waals surface area contributed by atoms with E-state index in [9.17, 15) is 19.2 Å². The van der Waals surface area contributed by atoms with Crippen LogP contribution in [-0.4, -0.2) is 29.5 Å². The van der Waals surface area contributed by atoms with Crippen LogP contribution in [0, 0.1) is 17.8 Å². The lowest BCUT2D eigenvalue weighted by atomic mass is 9.67. The molecule has 1 amide bonds. The van der Waals surface area contributed by atoms with Crippen molar-refractivity contribution in [3.63, 3.8) is 0 Å². The van der Waals surface area contributed by atoms with Crippen LogP contribution in [-0.2, 0) is 19.1 Å². The predicted molar refractivity (Wildman–Crippen MR) is 108 cm³/mol. The van der Waals surface area contributed by atoms with Gasteiger partial charge in [-0.3, -0.25) is 19.2 Å². The molecule has 0 spiro atoms. The maximum Gasteiger partial charge on any atom is 0.309 e. The summed E-state index contributed by atoms with van der Waals surface area (Å²) in [6, 6.07) is 6.59. The van der Waals surface area contributed by atoms with Gasteiger partial charge in [0.25, 0.3) is 0 Å². The van der Waals surface area contributed by atoms with E-state index in [2.05, 4.69) is 5.32 Å². The number of fused-ring (bicyclic) bond motifs is 2. The van der Waals surface area contributed by atoms with Gasteiger partial charge in [0.2, 0.25) is 11.7 Å². The molecule has 0 heterocycles. The Hall–Kier alpha value is -2.50. The van der Waals surface area contributed by atoms with Crippen molar-refractivity contribution in [3.8, 4) is 0 Å². The van der Waals surface area contributed by atoms with Crippen molar-refractivity contribution >= 4 is 29.1 Å². The zero-order valence-electron chi connectivity index (χ0n) is 17.1. The topological polar surface area (TPSA) is 89.5 Å². The third kappa shape index (κ3) is 5.11. The number of hydrogen-bond acceptors (Lipinski definition) is 5. The Bertz CT molecular complexity index is 769. The van der Waals surface area contributed by atoms with Crippen molar-refractivity contribution in [1.82, 2.24) is 0 Å². The SMILES string of the molecule is CCCC(=O)Nc1ccc(C(=O)[C@@H](C)OC(=O)C2C[C@H]3CCC[C@@H](C2)C3=O)cc1. The van der Waals surface area contributed by atoms with Crippen LogP contribution < -0.4 is 5.32 Å². The number of nitrogens with one attached hydrogen (secondary N) is 1. The Kier molecular flexibility index (Phi) is 6.83. The number of benzene rings is 1. The standard InChI is InChI=1S/C23H29NO5/c1-3-5-20(25)24-19-10-8-15(9-11-19)21(26)14(2)29-23(28)18-12-16-6-4-7-17(13-18)22(16)27/h8-11,14,16-18H,3-7,12-13H2,1-2H3,(H,24,25)/t14-,16-,17+,18?/m1/s1. The van der Waals surface area contributed by atoms with E-state index in [1.165, 1.54) is 0 Å². The molecule has 2 saturated carbocycles. The number of Topliss-reactive ketones (excluding diaryl/α,β-unsaturated/α-hetero) is 2. The molecular weight excluding hydrogens is 370 g/mol. The Morgan fingerprint density at radius 3 is 2.31 bits per heavy atom. The Morgan fingerprint density at radius 1 is 1.10 bits per heavy atom. The van der Waals surface area contributed by atoms with Crippen molar-refractivity contribution in [3.05, 3.63) is 29.8 Å². The summed E-state index contributed by atoms with van der Waals surface area (Å²) >= 11 is 0. The number of hydrogen-bond donors (Lipinski definition) is 1. The van der Waals surface area contributed by atoms with Crippen molar-refractivity contribution < 1.29 is 23.9 Å². The maximum absolute atomic E-state index is 12.6. The molecule has 6 nitrogen and oxygen atoms in total. The number of anilines is 1. The normalized spacial score (nSPS) is 24.5. The van der Waals surface area contributed by atoms with Crippen LogP contribution in [0.15, 0.2) is 24.3 Å². The zero-order valence-corrected chi connectivity index (χ0v) is 17.1. The Balaban J connectivity index is 1.55. The fourth-order valence-electron chi connectivity index (χ4n) is 4.40. The lowest BCUT2D eigenvalue weighted by Gasteiger charge is -2.36. The summed E-state index contributed by atoms with van der Waals surface area (Å²) < 4.78 is 5.46. The van der Waals surface area contributed by atoms with Crippen LogP contribution in [0.3, 0.4) is 0 Å². The first-order valence-corrected chi connectivity index (χ1v) is 10.6. The number of esters is 1. The summed E-state index contributed by atoms with van der Waals surface area (Å²) in [7, 11) is 0. The number of amides is 1. The first-order valence-electron chi connectivity index (χ1n) is 10.6. The molecule has 1 unspecified atom stereocenters. The molecule has 1 aromatic rings. The van der Waals surface area contributed by atoms with Gasteiger partial charge < -0.3 is 10.1 Å². The van der Waals surface area contributed by atoms with Gasteiger partial charge >= 0.3 is 5.97 Å². The fourth-order valence-corrected chi connectivity index (χ4v) is 4.40. The molecule has 2 aliphatic rings. The third-order valence-electron chi connectivity index (χ3n) is 5.97. The van der Waals surface area contributed by atoms with E-state index in [1.807, 2.05) is 6.92 Å². The first-order chi connectivity index (χ1) is 13.9. The second-order valence-corrected chi connectivity index (χ2v) is 8.21. The molecule has 3 rings (SSSR count). The molecule has 6 heteroatoms. The van der Waals surface area contributed by atoms with Gasteiger partial charge in [0, 0.05) is 29.5 Å². The van der Waals surface area contributed by atoms with E-state index in [-0.39, 0.29) is 35.4 Å². The summed E-state index contributed by atoms with van der Waals surface area (Å²) in [6.45, 7) is 3.51.